The van der Waals surface area contributed by atoms with Gasteiger partial charge in [0.2, 0.25) is 5.95 Å². The van der Waals surface area contributed by atoms with E-state index in [9.17, 15) is 14.9 Å². The highest BCUT2D eigenvalue weighted by Gasteiger charge is 2.18. The van der Waals surface area contributed by atoms with E-state index in [0.717, 1.165) is 12.8 Å². The van der Waals surface area contributed by atoms with Crippen LogP contribution in [0.4, 0.5) is 11.6 Å². The van der Waals surface area contributed by atoms with E-state index in [1.54, 1.807) is 0 Å². The maximum atomic E-state index is 11.2. The van der Waals surface area contributed by atoms with Crippen molar-refractivity contribution in [2.24, 2.45) is 0 Å². The Labute approximate surface area is 120 Å². The summed E-state index contributed by atoms with van der Waals surface area (Å²) in [6.07, 6.45) is 2.18. The molecule has 1 aromatic heterocycles. The standard InChI is InChI=1S/C13H16N4O4/c1-2-3-4-10(12(18)19)15-13-14-9-6-5-8(17(20)21)7-11(9)16-13/h5-7,10H,2-4H2,1H3,(H,18,19)(H2,14,15,16). The average Bonchev–Trinajstić information content (AvgIpc) is 2.84. The molecule has 1 heterocycles. The number of carboxylic acid groups (broad SMARTS) is 1. The zero-order valence-corrected chi connectivity index (χ0v) is 11.5. The van der Waals surface area contributed by atoms with Gasteiger partial charge in [0.25, 0.3) is 5.69 Å². The zero-order chi connectivity index (χ0) is 15.4. The number of H-pyrrole nitrogens is 1. The summed E-state index contributed by atoms with van der Waals surface area (Å²) in [5.74, 6) is -0.649. The van der Waals surface area contributed by atoms with Gasteiger partial charge in [-0.3, -0.25) is 10.1 Å². The van der Waals surface area contributed by atoms with Crippen molar-refractivity contribution in [1.82, 2.24) is 9.97 Å². The number of aromatic nitrogens is 2. The first-order valence-corrected chi connectivity index (χ1v) is 6.64. The van der Waals surface area contributed by atoms with Gasteiger partial charge < -0.3 is 15.4 Å². The van der Waals surface area contributed by atoms with E-state index in [1.807, 2.05) is 6.92 Å². The van der Waals surface area contributed by atoms with Gasteiger partial charge in [-0.15, -0.1) is 0 Å². The average molecular weight is 292 g/mol. The van der Waals surface area contributed by atoms with Crippen LogP contribution in [0.2, 0.25) is 0 Å². The van der Waals surface area contributed by atoms with Gasteiger partial charge in [-0.25, -0.2) is 9.78 Å². The van der Waals surface area contributed by atoms with Gasteiger partial charge in [-0.05, 0) is 12.5 Å². The smallest absolute Gasteiger partial charge is 0.326 e. The summed E-state index contributed by atoms with van der Waals surface area (Å²) >= 11 is 0. The predicted molar refractivity (Wildman–Crippen MR) is 77.3 cm³/mol. The van der Waals surface area contributed by atoms with Crippen LogP contribution >= 0.6 is 0 Å². The molecule has 0 spiro atoms. The van der Waals surface area contributed by atoms with Crippen molar-refractivity contribution >= 4 is 28.6 Å². The topological polar surface area (TPSA) is 121 Å². The van der Waals surface area contributed by atoms with E-state index in [4.69, 9.17) is 5.11 Å². The monoisotopic (exact) mass is 292 g/mol. The van der Waals surface area contributed by atoms with Gasteiger partial charge in [-0.2, -0.15) is 0 Å². The first-order chi connectivity index (χ1) is 10.0. The SMILES string of the molecule is CCCCC(Nc1nc2ccc([N+](=O)[O-])cc2[nH]1)C(=O)O. The fourth-order valence-electron chi connectivity index (χ4n) is 2.01. The Kier molecular flexibility index (Phi) is 4.36. The van der Waals surface area contributed by atoms with Crippen LogP contribution in [-0.4, -0.2) is 32.0 Å². The first kappa shape index (κ1) is 14.8. The number of rotatable bonds is 7. The lowest BCUT2D eigenvalue weighted by molar-refractivity contribution is -0.384. The second-order valence-electron chi connectivity index (χ2n) is 4.72. The Balaban J connectivity index is 2.21. The summed E-state index contributed by atoms with van der Waals surface area (Å²) in [7, 11) is 0. The number of non-ortho nitro benzene ring substituents is 1. The van der Waals surface area contributed by atoms with Crippen LogP contribution < -0.4 is 5.32 Å². The Hall–Kier alpha value is -2.64. The molecule has 21 heavy (non-hydrogen) atoms. The molecule has 3 N–H and O–H groups in total. The lowest BCUT2D eigenvalue weighted by Gasteiger charge is -2.12. The number of unbranched alkanes of at least 4 members (excludes halogenated alkanes) is 1. The molecule has 0 saturated heterocycles. The fraction of sp³-hybridized carbons (Fsp3) is 0.385. The van der Waals surface area contributed by atoms with Crippen LogP contribution in [0.5, 0.6) is 0 Å². The number of hydrogen-bond donors (Lipinski definition) is 3. The third kappa shape index (κ3) is 3.47. The Bertz CT molecular complexity index is 667. The molecule has 0 radical (unpaired) electrons. The Morgan fingerprint density at radius 3 is 2.95 bits per heavy atom. The molecule has 0 aliphatic heterocycles. The van der Waals surface area contributed by atoms with E-state index in [-0.39, 0.29) is 5.69 Å². The van der Waals surface area contributed by atoms with Crippen molar-refractivity contribution in [3.8, 4) is 0 Å². The number of aromatic amines is 1. The quantitative estimate of drug-likeness (QED) is 0.532. The van der Waals surface area contributed by atoms with Gasteiger partial charge in [0, 0.05) is 12.1 Å². The highest BCUT2D eigenvalue weighted by atomic mass is 16.6. The Morgan fingerprint density at radius 1 is 1.57 bits per heavy atom. The molecule has 0 bridgehead atoms. The third-order valence-corrected chi connectivity index (χ3v) is 3.13. The molecule has 8 nitrogen and oxygen atoms in total. The first-order valence-electron chi connectivity index (χ1n) is 6.64. The van der Waals surface area contributed by atoms with E-state index < -0.39 is 16.9 Å². The summed E-state index contributed by atoms with van der Waals surface area (Å²) in [6.45, 7) is 1.99. The van der Waals surface area contributed by atoms with Crippen molar-refractivity contribution in [2.75, 3.05) is 5.32 Å². The number of aliphatic carboxylic acids is 1. The van der Waals surface area contributed by atoms with Gasteiger partial charge in [0.1, 0.15) is 6.04 Å². The summed E-state index contributed by atoms with van der Waals surface area (Å²) < 4.78 is 0. The number of nitro benzene ring substituents is 1. The molecule has 0 aliphatic rings. The van der Waals surface area contributed by atoms with Crippen LogP contribution in [-0.2, 0) is 4.79 Å². The van der Waals surface area contributed by atoms with Crippen LogP contribution in [0.1, 0.15) is 26.2 Å². The largest absolute Gasteiger partial charge is 0.480 e. The molecule has 0 fully saturated rings. The third-order valence-electron chi connectivity index (χ3n) is 3.13. The predicted octanol–water partition coefficient (Wildman–Crippen LogP) is 2.53. The number of carboxylic acids is 1. The van der Waals surface area contributed by atoms with E-state index in [0.29, 0.717) is 23.4 Å². The molecule has 0 saturated carbocycles. The highest BCUT2D eigenvalue weighted by molar-refractivity contribution is 5.81. The lowest BCUT2D eigenvalue weighted by atomic mass is 10.1. The number of anilines is 1. The molecule has 0 amide bonds. The van der Waals surface area contributed by atoms with Crippen LogP contribution in [0.25, 0.3) is 11.0 Å². The van der Waals surface area contributed by atoms with Crippen molar-refractivity contribution in [2.45, 2.75) is 32.2 Å². The minimum Gasteiger partial charge on any atom is -0.480 e. The van der Waals surface area contributed by atoms with Crippen molar-refractivity contribution in [3.05, 3.63) is 28.3 Å². The molecule has 8 heteroatoms. The molecule has 112 valence electrons. The summed E-state index contributed by atoms with van der Waals surface area (Å²) in [5.41, 5.74) is 0.993. The molecule has 0 aliphatic carbocycles. The molecule has 2 rings (SSSR count). The molecule has 1 atom stereocenters. The van der Waals surface area contributed by atoms with Gasteiger partial charge in [-0.1, -0.05) is 19.8 Å². The fourth-order valence-corrected chi connectivity index (χ4v) is 2.01. The van der Waals surface area contributed by atoms with Crippen molar-refractivity contribution < 1.29 is 14.8 Å². The van der Waals surface area contributed by atoms with E-state index >= 15 is 0 Å². The summed E-state index contributed by atoms with van der Waals surface area (Å²) in [6, 6.07) is 3.52. The number of nitrogens with zero attached hydrogens (tertiary/aromatic N) is 2. The number of nitrogens with one attached hydrogen (secondary N) is 2. The summed E-state index contributed by atoms with van der Waals surface area (Å²) in [5, 5.41) is 22.7. The molecule has 1 aromatic carbocycles. The maximum Gasteiger partial charge on any atom is 0.326 e. The number of carbonyl (C=O) groups is 1. The maximum absolute atomic E-state index is 11.2. The molecule has 2 aromatic rings. The molecular formula is C13H16N4O4. The van der Waals surface area contributed by atoms with Gasteiger partial charge >= 0.3 is 5.97 Å². The highest BCUT2D eigenvalue weighted by Crippen LogP contribution is 2.21. The molecular weight excluding hydrogens is 276 g/mol. The molecule has 1 unspecified atom stereocenters. The van der Waals surface area contributed by atoms with E-state index in [2.05, 4.69) is 15.3 Å². The summed E-state index contributed by atoms with van der Waals surface area (Å²) in [4.78, 5) is 28.5. The van der Waals surface area contributed by atoms with Crippen LogP contribution in [0.15, 0.2) is 18.2 Å². The number of nitro groups is 1. The van der Waals surface area contributed by atoms with Crippen molar-refractivity contribution in [3.63, 3.8) is 0 Å². The number of benzene rings is 1. The van der Waals surface area contributed by atoms with Crippen molar-refractivity contribution in [1.29, 1.82) is 0 Å². The number of imidazole rings is 1. The minimum atomic E-state index is -0.949. The Morgan fingerprint density at radius 2 is 2.33 bits per heavy atom. The minimum absolute atomic E-state index is 0.0431. The van der Waals surface area contributed by atoms with E-state index in [1.165, 1.54) is 18.2 Å². The normalized spacial score (nSPS) is 12.2. The second kappa shape index (κ2) is 6.21. The zero-order valence-electron chi connectivity index (χ0n) is 11.5. The van der Waals surface area contributed by atoms with Gasteiger partial charge in [0.05, 0.1) is 16.0 Å². The lowest BCUT2D eigenvalue weighted by Crippen LogP contribution is -2.29. The number of fused-ring (bicyclic) bond motifs is 1. The van der Waals surface area contributed by atoms with Gasteiger partial charge in [0.15, 0.2) is 0 Å². The van der Waals surface area contributed by atoms with Crippen LogP contribution in [0, 0.1) is 10.1 Å². The number of hydrogen-bond acceptors (Lipinski definition) is 5. The van der Waals surface area contributed by atoms with Crippen LogP contribution in [0.3, 0.4) is 0 Å². The second-order valence-corrected chi connectivity index (χ2v) is 4.72.